The maximum Gasteiger partial charge on any atom is -0.00287 e. The lowest BCUT2D eigenvalue weighted by Crippen LogP contribution is -2.23. The molecule has 0 atom stereocenters. The molecule has 0 spiro atoms. The Bertz CT molecular complexity index is 1210. The van der Waals surface area contributed by atoms with Crippen molar-refractivity contribution in [2.45, 2.75) is 19.8 Å². The molecule has 0 N–H and O–H groups in total. The van der Waals surface area contributed by atoms with E-state index in [0.717, 1.165) is 12.8 Å². The number of aryl methyl sites for hydroxylation is 1. The lowest BCUT2D eigenvalue weighted by molar-refractivity contribution is 1.20. The van der Waals surface area contributed by atoms with Gasteiger partial charge in [-0.3, -0.25) is 0 Å². The minimum Gasteiger partial charge on any atom is -0.0765 e. The van der Waals surface area contributed by atoms with Gasteiger partial charge in [-0.15, -0.1) is 0 Å². The van der Waals surface area contributed by atoms with Crippen molar-refractivity contribution in [2.24, 2.45) is 0 Å². The van der Waals surface area contributed by atoms with Gasteiger partial charge in [0.25, 0.3) is 0 Å². The summed E-state index contributed by atoms with van der Waals surface area (Å²) in [6, 6.07) is 39.8. The van der Waals surface area contributed by atoms with Gasteiger partial charge in [0.15, 0.2) is 0 Å². The first-order valence-electron chi connectivity index (χ1n) is 11.2. The molecule has 0 saturated heterocycles. The molecule has 0 saturated carbocycles. The Hall–Kier alpha value is -3.21. The van der Waals surface area contributed by atoms with Gasteiger partial charge in [0.05, 0.1) is 0 Å². The third-order valence-corrected chi connectivity index (χ3v) is 8.44. The molecule has 32 heavy (non-hydrogen) atoms. The molecule has 0 aliphatic heterocycles. The van der Waals surface area contributed by atoms with Gasteiger partial charge in [-0.05, 0) is 65.9 Å². The van der Waals surface area contributed by atoms with E-state index in [1.54, 1.807) is 0 Å². The highest BCUT2D eigenvalue weighted by Gasteiger charge is 2.22. The van der Waals surface area contributed by atoms with E-state index in [1.165, 1.54) is 43.8 Å². The first-order valence-corrected chi connectivity index (χ1v) is 12.6. The summed E-state index contributed by atoms with van der Waals surface area (Å²) in [7, 11) is -0.625. The second kappa shape index (κ2) is 9.51. The van der Waals surface area contributed by atoms with Crippen LogP contribution < -0.4 is 15.9 Å². The normalized spacial score (nSPS) is 13.2. The molecule has 0 radical (unpaired) electrons. The van der Waals surface area contributed by atoms with Crippen LogP contribution in [0.15, 0.2) is 127 Å². The Kier molecular flexibility index (Phi) is 6.15. The van der Waals surface area contributed by atoms with Crippen molar-refractivity contribution in [1.29, 1.82) is 0 Å². The van der Waals surface area contributed by atoms with Crippen LogP contribution in [0.1, 0.15) is 23.1 Å². The Morgan fingerprint density at radius 3 is 1.91 bits per heavy atom. The van der Waals surface area contributed by atoms with E-state index in [2.05, 4.69) is 128 Å². The summed E-state index contributed by atoms with van der Waals surface area (Å²) in [5.74, 6) is 0. The Morgan fingerprint density at radius 1 is 0.688 bits per heavy atom. The first-order chi connectivity index (χ1) is 15.8. The van der Waals surface area contributed by atoms with Gasteiger partial charge >= 0.3 is 0 Å². The highest BCUT2D eigenvalue weighted by atomic mass is 31.1. The third kappa shape index (κ3) is 4.52. The average Bonchev–Trinajstić information content (AvgIpc) is 3.30. The monoisotopic (exact) mass is 430 g/mol. The van der Waals surface area contributed by atoms with Crippen molar-refractivity contribution in [1.82, 2.24) is 0 Å². The van der Waals surface area contributed by atoms with Crippen LogP contribution in [0.25, 0.3) is 5.57 Å². The van der Waals surface area contributed by atoms with Crippen LogP contribution in [0, 0.1) is 6.92 Å². The maximum absolute atomic E-state index is 2.42. The van der Waals surface area contributed by atoms with E-state index >= 15 is 0 Å². The molecule has 0 bridgehead atoms. The molecule has 5 rings (SSSR count). The van der Waals surface area contributed by atoms with Gasteiger partial charge < -0.3 is 0 Å². The molecule has 0 unspecified atom stereocenters. The molecule has 0 fully saturated rings. The highest BCUT2D eigenvalue weighted by Crippen LogP contribution is 2.38. The zero-order chi connectivity index (χ0) is 21.8. The summed E-state index contributed by atoms with van der Waals surface area (Å²) >= 11 is 0. The number of hydrogen-bond donors (Lipinski definition) is 0. The highest BCUT2D eigenvalue weighted by molar-refractivity contribution is 7.80. The van der Waals surface area contributed by atoms with Crippen molar-refractivity contribution in [3.05, 3.63) is 144 Å². The van der Waals surface area contributed by atoms with Gasteiger partial charge in [-0.1, -0.05) is 127 Å². The topological polar surface area (TPSA) is 0 Å². The van der Waals surface area contributed by atoms with Crippen LogP contribution in [0.2, 0.25) is 0 Å². The molecule has 1 aliphatic rings. The van der Waals surface area contributed by atoms with Crippen LogP contribution >= 0.6 is 7.92 Å². The van der Waals surface area contributed by atoms with Crippen LogP contribution in [-0.2, 0) is 6.42 Å². The molecular weight excluding hydrogens is 403 g/mol. The fourth-order valence-corrected chi connectivity index (χ4v) is 6.99. The molecule has 0 aromatic heterocycles. The number of hydrogen-bond acceptors (Lipinski definition) is 0. The number of allylic oxidation sites excluding steroid dienone is 4. The third-order valence-electron chi connectivity index (χ3n) is 5.96. The molecule has 0 amide bonds. The smallest absolute Gasteiger partial charge is 0.00287 e. The fourth-order valence-electron chi connectivity index (χ4n) is 4.40. The predicted octanol–water partition coefficient (Wildman–Crippen LogP) is 6.71. The zero-order valence-electron chi connectivity index (χ0n) is 18.4. The van der Waals surface area contributed by atoms with E-state index in [0.29, 0.717) is 0 Å². The van der Waals surface area contributed by atoms with Crippen LogP contribution in [-0.4, -0.2) is 0 Å². The lowest BCUT2D eigenvalue weighted by Gasteiger charge is -2.23. The quantitative estimate of drug-likeness (QED) is 0.298. The summed E-state index contributed by atoms with van der Waals surface area (Å²) in [5, 5.41) is 4.26. The summed E-state index contributed by atoms with van der Waals surface area (Å²) in [4.78, 5) is 0. The largest absolute Gasteiger partial charge is 0.0765 e. The number of benzene rings is 4. The van der Waals surface area contributed by atoms with Gasteiger partial charge in [-0.25, -0.2) is 0 Å². The van der Waals surface area contributed by atoms with Gasteiger partial charge in [0.1, 0.15) is 0 Å². The number of rotatable bonds is 6. The molecule has 156 valence electrons. The summed E-state index contributed by atoms with van der Waals surface area (Å²) in [5.41, 5.74) is 6.94. The summed E-state index contributed by atoms with van der Waals surface area (Å²) in [6.07, 6.45) is 6.83. The Balaban J connectivity index is 1.57. The first kappa shape index (κ1) is 20.7. The Morgan fingerprint density at radius 2 is 1.28 bits per heavy atom. The van der Waals surface area contributed by atoms with Crippen LogP contribution in [0.5, 0.6) is 0 Å². The standard InChI is InChI=1S/C31H27P/c1-24-17-20-30(27-19-18-26(23-27)22-25-11-5-2-6-12-25)31(21-24)32(28-13-7-3-8-14-28)29-15-9-4-10-16-29/h2-18,20-21,23H,19,22H2,1H3. The van der Waals surface area contributed by atoms with Crippen molar-refractivity contribution in [2.75, 3.05) is 0 Å². The van der Waals surface area contributed by atoms with Crippen LogP contribution in [0.3, 0.4) is 0 Å². The minimum atomic E-state index is -0.625. The average molecular weight is 431 g/mol. The Labute approximate surface area is 192 Å². The summed E-state index contributed by atoms with van der Waals surface area (Å²) < 4.78 is 0. The molecule has 0 nitrogen and oxygen atoms in total. The molecule has 1 heteroatoms. The predicted molar refractivity (Wildman–Crippen MR) is 141 cm³/mol. The van der Waals surface area contributed by atoms with Gasteiger partial charge in [0.2, 0.25) is 0 Å². The molecular formula is C31H27P. The van der Waals surface area contributed by atoms with E-state index in [1.807, 2.05) is 0 Å². The van der Waals surface area contributed by atoms with E-state index < -0.39 is 7.92 Å². The van der Waals surface area contributed by atoms with Gasteiger partial charge in [-0.2, -0.15) is 0 Å². The summed E-state index contributed by atoms with van der Waals surface area (Å²) in [6.45, 7) is 2.21. The van der Waals surface area contributed by atoms with Gasteiger partial charge in [0, 0.05) is 0 Å². The van der Waals surface area contributed by atoms with Crippen molar-refractivity contribution >= 4 is 29.4 Å². The van der Waals surface area contributed by atoms with Crippen LogP contribution in [0.4, 0.5) is 0 Å². The molecule has 4 aromatic carbocycles. The van der Waals surface area contributed by atoms with Crippen molar-refractivity contribution in [3.8, 4) is 0 Å². The molecule has 4 aromatic rings. The van der Waals surface area contributed by atoms with Crippen molar-refractivity contribution < 1.29 is 0 Å². The van der Waals surface area contributed by atoms with E-state index in [4.69, 9.17) is 0 Å². The molecule has 1 aliphatic carbocycles. The second-order valence-electron chi connectivity index (χ2n) is 8.34. The van der Waals surface area contributed by atoms with E-state index in [9.17, 15) is 0 Å². The molecule has 0 heterocycles. The van der Waals surface area contributed by atoms with Crippen molar-refractivity contribution in [3.63, 3.8) is 0 Å². The minimum absolute atomic E-state index is 0.625. The lowest BCUT2D eigenvalue weighted by atomic mass is 10.0. The second-order valence-corrected chi connectivity index (χ2v) is 10.5. The zero-order valence-corrected chi connectivity index (χ0v) is 19.3. The SMILES string of the molecule is Cc1ccc(C2=CC(Cc3ccccc3)=CC2)c(P(c2ccccc2)c2ccccc2)c1. The van der Waals surface area contributed by atoms with E-state index in [-0.39, 0.29) is 0 Å². The maximum atomic E-state index is 2.42. The fraction of sp³-hybridized carbons (Fsp3) is 0.0968.